The number of aromatic nitrogens is 5. The molecule has 0 radical (unpaired) electrons. The second-order valence-corrected chi connectivity index (χ2v) is 8.48. The van der Waals surface area contributed by atoms with E-state index in [-0.39, 0.29) is 10.8 Å². The number of hydrogen-bond acceptors (Lipinski definition) is 7. The molecule has 4 aromatic rings. The molecule has 9 nitrogen and oxygen atoms in total. The van der Waals surface area contributed by atoms with Crippen LogP contribution in [0.3, 0.4) is 0 Å². The summed E-state index contributed by atoms with van der Waals surface area (Å²) in [6.45, 7) is 0. The number of fused-ring (bicyclic) bond motifs is 1. The van der Waals surface area contributed by atoms with Gasteiger partial charge < -0.3 is 5.32 Å². The van der Waals surface area contributed by atoms with Gasteiger partial charge in [0.1, 0.15) is 5.82 Å². The Morgan fingerprint density at radius 2 is 1.90 bits per heavy atom. The maximum atomic E-state index is 13.6. The van der Waals surface area contributed by atoms with E-state index in [9.17, 15) is 12.8 Å². The van der Waals surface area contributed by atoms with Crippen molar-refractivity contribution in [3.63, 3.8) is 0 Å². The van der Waals surface area contributed by atoms with Crippen LogP contribution >= 0.6 is 0 Å². The molecule has 1 N–H and O–H groups in total. The summed E-state index contributed by atoms with van der Waals surface area (Å²) in [5.41, 5.74) is 1.78. The smallest absolute Gasteiger partial charge is 0.242 e. The van der Waals surface area contributed by atoms with Crippen molar-refractivity contribution in [2.45, 2.75) is 4.90 Å². The Balaban J connectivity index is 1.70. The fourth-order valence-electron chi connectivity index (χ4n) is 2.64. The van der Waals surface area contributed by atoms with E-state index in [1.165, 1.54) is 49.2 Å². The van der Waals surface area contributed by atoms with Gasteiger partial charge in [-0.1, -0.05) is 17.3 Å². The highest BCUT2D eigenvalue weighted by Crippen LogP contribution is 2.21. The first-order valence-electron chi connectivity index (χ1n) is 8.48. The molecule has 0 amide bonds. The third-order valence-corrected chi connectivity index (χ3v) is 5.93. The molecule has 148 valence electrons. The van der Waals surface area contributed by atoms with Gasteiger partial charge in [-0.2, -0.15) is 9.67 Å². The number of hydrogen-bond donors (Lipinski definition) is 1. The number of anilines is 2. The monoisotopic (exact) mass is 413 g/mol. The lowest BCUT2D eigenvalue weighted by molar-refractivity contribution is 0.521. The minimum atomic E-state index is -3.57. The molecule has 2 heterocycles. The second kappa shape index (κ2) is 7.18. The van der Waals surface area contributed by atoms with E-state index >= 15 is 0 Å². The number of nitrogens with zero attached hydrogens (tertiary/aromatic N) is 6. The maximum Gasteiger partial charge on any atom is 0.242 e. The molecule has 0 spiro atoms. The Bertz CT molecular complexity index is 1300. The number of halogens is 1. The standard InChI is InChI=1S/C18H16FN7O2S/c1-25(2)29(27,28)15-8-4-6-13(10-15)21-18-20-11-16-17(22-18)26(24-23-16)14-7-3-5-12(19)9-14/h3-11H,1-2H3,(H,20,21,22). The topological polar surface area (TPSA) is 106 Å². The summed E-state index contributed by atoms with van der Waals surface area (Å²) in [6.07, 6.45) is 1.48. The van der Waals surface area contributed by atoms with Crippen LogP contribution in [-0.2, 0) is 10.0 Å². The average Bonchev–Trinajstić information content (AvgIpc) is 3.11. The van der Waals surface area contributed by atoms with Crippen molar-refractivity contribution in [3.05, 3.63) is 60.5 Å². The van der Waals surface area contributed by atoms with Gasteiger partial charge in [-0.25, -0.2) is 22.1 Å². The average molecular weight is 413 g/mol. The molecule has 0 atom stereocenters. The van der Waals surface area contributed by atoms with Gasteiger partial charge in [0.05, 0.1) is 16.8 Å². The Morgan fingerprint density at radius 3 is 2.66 bits per heavy atom. The fourth-order valence-corrected chi connectivity index (χ4v) is 3.59. The van der Waals surface area contributed by atoms with Gasteiger partial charge in [-0.05, 0) is 36.4 Å². The van der Waals surface area contributed by atoms with Gasteiger partial charge in [0, 0.05) is 19.8 Å². The van der Waals surface area contributed by atoms with Gasteiger partial charge >= 0.3 is 0 Å². The summed E-state index contributed by atoms with van der Waals surface area (Å²) in [4.78, 5) is 8.72. The number of benzene rings is 2. The van der Waals surface area contributed by atoms with Crippen LogP contribution in [0.4, 0.5) is 16.0 Å². The normalized spacial score (nSPS) is 11.9. The molecule has 0 aliphatic heterocycles. The highest BCUT2D eigenvalue weighted by atomic mass is 32.2. The molecular weight excluding hydrogens is 397 g/mol. The predicted octanol–water partition coefficient (Wildman–Crippen LogP) is 2.34. The molecular formula is C18H16FN7O2S. The first kappa shape index (κ1) is 18.9. The first-order chi connectivity index (χ1) is 13.8. The maximum absolute atomic E-state index is 13.6. The van der Waals surface area contributed by atoms with Gasteiger partial charge in [0.25, 0.3) is 0 Å². The van der Waals surface area contributed by atoms with Crippen molar-refractivity contribution < 1.29 is 12.8 Å². The molecule has 0 aliphatic carbocycles. The SMILES string of the molecule is CN(C)S(=O)(=O)c1cccc(Nc2ncc3nnn(-c4cccc(F)c4)c3n2)c1. The predicted molar refractivity (Wildman–Crippen MR) is 105 cm³/mol. The van der Waals surface area contributed by atoms with Crippen molar-refractivity contribution in [2.75, 3.05) is 19.4 Å². The van der Waals surface area contributed by atoms with E-state index < -0.39 is 15.8 Å². The minimum Gasteiger partial charge on any atom is -0.324 e. The Morgan fingerprint density at radius 1 is 1.10 bits per heavy atom. The van der Waals surface area contributed by atoms with Gasteiger partial charge in [0.15, 0.2) is 11.2 Å². The van der Waals surface area contributed by atoms with E-state index in [2.05, 4.69) is 25.6 Å². The summed E-state index contributed by atoms with van der Waals surface area (Å²) in [7, 11) is -0.641. The lowest BCUT2D eigenvalue weighted by atomic mass is 10.3. The lowest BCUT2D eigenvalue weighted by Gasteiger charge is -2.12. The van der Waals surface area contributed by atoms with Crippen molar-refractivity contribution in [3.8, 4) is 5.69 Å². The Kier molecular flexibility index (Phi) is 4.68. The number of rotatable bonds is 5. The van der Waals surface area contributed by atoms with E-state index in [4.69, 9.17) is 0 Å². The zero-order chi connectivity index (χ0) is 20.6. The van der Waals surface area contributed by atoms with Gasteiger partial charge in [-0.3, -0.25) is 0 Å². The van der Waals surface area contributed by atoms with Crippen LogP contribution in [0.5, 0.6) is 0 Å². The molecule has 2 aromatic carbocycles. The van der Waals surface area contributed by atoms with Crippen LogP contribution in [0, 0.1) is 5.82 Å². The van der Waals surface area contributed by atoms with Crippen LogP contribution in [0.2, 0.25) is 0 Å². The zero-order valence-corrected chi connectivity index (χ0v) is 16.3. The van der Waals surface area contributed by atoms with Crippen LogP contribution < -0.4 is 5.32 Å². The van der Waals surface area contributed by atoms with Crippen LogP contribution in [-0.4, -0.2) is 51.8 Å². The highest BCUT2D eigenvalue weighted by Gasteiger charge is 2.17. The van der Waals surface area contributed by atoms with Crippen molar-refractivity contribution in [1.29, 1.82) is 0 Å². The van der Waals surface area contributed by atoms with E-state index in [1.54, 1.807) is 24.3 Å². The largest absolute Gasteiger partial charge is 0.324 e. The third kappa shape index (κ3) is 3.65. The summed E-state index contributed by atoms with van der Waals surface area (Å²) >= 11 is 0. The minimum absolute atomic E-state index is 0.139. The molecule has 0 saturated heterocycles. The van der Waals surface area contributed by atoms with Crippen molar-refractivity contribution >= 4 is 32.8 Å². The molecule has 4 rings (SSSR count). The lowest BCUT2D eigenvalue weighted by Crippen LogP contribution is -2.22. The molecule has 0 fully saturated rings. The van der Waals surface area contributed by atoms with E-state index in [1.807, 2.05) is 0 Å². The zero-order valence-electron chi connectivity index (χ0n) is 15.5. The number of nitrogens with one attached hydrogen (secondary N) is 1. The Labute approximate surface area is 165 Å². The molecule has 0 saturated carbocycles. The third-order valence-electron chi connectivity index (χ3n) is 4.11. The summed E-state index contributed by atoms with van der Waals surface area (Å²) in [5, 5.41) is 11.0. The van der Waals surface area contributed by atoms with E-state index in [0.29, 0.717) is 22.5 Å². The number of sulfonamides is 1. The van der Waals surface area contributed by atoms with Crippen molar-refractivity contribution in [2.24, 2.45) is 0 Å². The Hall–Kier alpha value is -3.44. The molecule has 0 unspecified atom stereocenters. The highest BCUT2D eigenvalue weighted by molar-refractivity contribution is 7.89. The second-order valence-electron chi connectivity index (χ2n) is 6.32. The summed E-state index contributed by atoms with van der Waals surface area (Å²) < 4.78 is 40.7. The quantitative estimate of drug-likeness (QED) is 0.535. The van der Waals surface area contributed by atoms with Gasteiger partial charge in [-0.15, -0.1) is 5.10 Å². The van der Waals surface area contributed by atoms with Gasteiger partial charge in [0.2, 0.25) is 16.0 Å². The van der Waals surface area contributed by atoms with Crippen LogP contribution in [0.1, 0.15) is 0 Å². The molecule has 29 heavy (non-hydrogen) atoms. The fraction of sp³-hybridized carbons (Fsp3) is 0.111. The molecule has 0 bridgehead atoms. The summed E-state index contributed by atoms with van der Waals surface area (Å²) in [5.74, 6) is -0.186. The molecule has 11 heteroatoms. The van der Waals surface area contributed by atoms with Crippen LogP contribution in [0.15, 0.2) is 59.6 Å². The molecule has 2 aromatic heterocycles. The van der Waals surface area contributed by atoms with E-state index in [0.717, 1.165) is 4.31 Å². The summed E-state index contributed by atoms with van der Waals surface area (Å²) in [6, 6.07) is 12.2. The van der Waals surface area contributed by atoms with Crippen molar-refractivity contribution in [1.82, 2.24) is 29.3 Å². The van der Waals surface area contributed by atoms with Crippen LogP contribution in [0.25, 0.3) is 16.9 Å². The molecule has 0 aliphatic rings. The first-order valence-corrected chi connectivity index (χ1v) is 9.92.